The molecule has 1 amide bonds. The zero-order valence-corrected chi connectivity index (χ0v) is 8.58. The number of nitrogens with one attached hydrogen (secondary N) is 2. The molecule has 1 unspecified atom stereocenters. The van der Waals surface area contributed by atoms with Gasteiger partial charge >= 0.3 is 0 Å². The summed E-state index contributed by atoms with van der Waals surface area (Å²) in [6, 6.07) is 6.78. The molecule has 0 aliphatic heterocycles. The van der Waals surface area contributed by atoms with Crippen molar-refractivity contribution in [2.75, 3.05) is 17.6 Å². The molecule has 0 heterocycles. The van der Waals surface area contributed by atoms with E-state index in [2.05, 4.69) is 5.32 Å². The molecule has 1 rings (SSSR count). The van der Waals surface area contributed by atoms with Crippen molar-refractivity contribution in [3.63, 3.8) is 0 Å². The lowest BCUT2D eigenvalue weighted by Crippen LogP contribution is -2.30. The number of hydrogen-bond donors (Lipinski definition) is 4. The normalized spacial score (nSPS) is 11.8. The molecule has 0 saturated carbocycles. The smallest absolute Gasteiger partial charge is 0.261 e. The fraction of sp³-hybridized carbons (Fsp3) is 0.125. The third-order valence-corrected chi connectivity index (χ3v) is 1.97. The second-order valence-corrected chi connectivity index (χ2v) is 3.45. The molecule has 82 valence electrons. The highest BCUT2D eigenvalue weighted by atomic mass is 32.2. The van der Waals surface area contributed by atoms with Gasteiger partial charge in [0.05, 0.1) is 6.54 Å². The quantitative estimate of drug-likeness (QED) is 0.427. The molecule has 6 nitrogen and oxygen atoms in total. The predicted octanol–water partition coefficient (Wildman–Crippen LogP) is -0.0664. The van der Waals surface area contributed by atoms with Gasteiger partial charge in [-0.1, -0.05) is 0 Å². The molecule has 0 aromatic heterocycles. The summed E-state index contributed by atoms with van der Waals surface area (Å²) in [7, 11) is 0. The first-order valence-corrected chi connectivity index (χ1v) is 5.18. The predicted molar refractivity (Wildman–Crippen MR) is 58.3 cm³/mol. The molecular weight excluding hydrogens is 218 g/mol. The Kier molecular flexibility index (Phi) is 4.07. The van der Waals surface area contributed by atoms with Crippen molar-refractivity contribution in [3.8, 4) is 0 Å². The van der Waals surface area contributed by atoms with Gasteiger partial charge in [0, 0.05) is 11.4 Å². The summed E-state index contributed by atoms with van der Waals surface area (Å²) in [4.78, 5) is 10.9. The standard InChI is InChI=1S/C8H11N3O3S/c9-6-1-3-7(4-2-6)10-5-8(12)11-15(13)14/h1-4,10H,5,9H2,(H,11,12)(H,13,14). The summed E-state index contributed by atoms with van der Waals surface area (Å²) in [5.41, 5.74) is 6.81. The zero-order chi connectivity index (χ0) is 11.3. The molecule has 7 heteroatoms. The molecule has 0 aliphatic carbocycles. The number of amides is 1. The van der Waals surface area contributed by atoms with Gasteiger partial charge in [0.15, 0.2) is 0 Å². The van der Waals surface area contributed by atoms with Crippen LogP contribution in [0.5, 0.6) is 0 Å². The maximum atomic E-state index is 10.9. The highest BCUT2D eigenvalue weighted by molar-refractivity contribution is 7.77. The fourth-order valence-electron chi connectivity index (χ4n) is 0.917. The Labute approximate surface area is 89.3 Å². The van der Waals surface area contributed by atoms with Crippen molar-refractivity contribution in [3.05, 3.63) is 24.3 Å². The van der Waals surface area contributed by atoms with Crippen molar-refractivity contribution < 1.29 is 13.6 Å². The van der Waals surface area contributed by atoms with Gasteiger partial charge in [-0.3, -0.25) is 14.1 Å². The zero-order valence-electron chi connectivity index (χ0n) is 7.77. The van der Waals surface area contributed by atoms with Gasteiger partial charge in [-0.2, -0.15) is 0 Å². The summed E-state index contributed by atoms with van der Waals surface area (Å²) in [5, 5.41) is 2.76. The van der Waals surface area contributed by atoms with Crippen LogP contribution in [0.3, 0.4) is 0 Å². The van der Waals surface area contributed by atoms with Crippen LogP contribution < -0.4 is 15.8 Å². The Morgan fingerprint density at radius 1 is 1.40 bits per heavy atom. The Bertz CT molecular complexity index is 366. The third kappa shape index (κ3) is 4.43. The van der Waals surface area contributed by atoms with Gasteiger partial charge in [0.25, 0.3) is 17.2 Å². The second-order valence-electron chi connectivity index (χ2n) is 2.75. The van der Waals surface area contributed by atoms with E-state index in [9.17, 15) is 9.00 Å². The van der Waals surface area contributed by atoms with Gasteiger partial charge in [-0.25, -0.2) is 4.21 Å². The number of anilines is 2. The monoisotopic (exact) mass is 229 g/mol. The van der Waals surface area contributed by atoms with E-state index in [0.29, 0.717) is 11.4 Å². The van der Waals surface area contributed by atoms with Crippen LogP contribution in [0.1, 0.15) is 0 Å². The van der Waals surface area contributed by atoms with Gasteiger partial charge in [0.1, 0.15) is 0 Å². The summed E-state index contributed by atoms with van der Waals surface area (Å²) >= 11 is -2.32. The van der Waals surface area contributed by atoms with Crippen LogP contribution >= 0.6 is 0 Å². The number of hydrogen-bond acceptors (Lipinski definition) is 4. The molecule has 1 aromatic rings. The molecule has 15 heavy (non-hydrogen) atoms. The first-order valence-electron chi connectivity index (χ1n) is 4.07. The lowest BCUT2D eigenvalue weighted by molar-refractivity contribution is -0.117. The summed E-state index contributed by atoms with van der Waals surface area (Å²) < 4.78 is 20.4. The number of carbonyl (C=O) groups excluding carboxylic acids is 1. The number of carbonyl (C=O) groups is 1. The van der Waals surface area contributed by atoms with Crippen LogP contribution in [0, 0.1) is 0 Å². The molecule has 0 radical (unpaired) electrons. The largest absolute Gasteiger partial charge is 0.399 e. The Balaban J connectivity index is 2.40. The first-order chi connectivity index (χ1) is 7.08. The summed E-state index contributed by atoms with van der Waals surface area (Å²) in [5.74, 6) is -0.562. The maximum absolute atomic E-state index is 10.9. The molecule has 0 bridgehead atoms. The number of benzene rings is 1. The van der Waals surface area contributed by atoms with E-state index < -0.39 is 17.2 Å². The van der Waals surface area contributed by atoms with Gasteiger partial charge < -0.3 is 11.1 Å². The molecular formula is C8H11N3O3S. The number of rotatable bonds is 4. The van der Waals surface area contributed by atoms with Gasteiger partial charge in [-0.05, 0) is 24.3 Å². The van der Waals surface area contributed by atoms with E-state index >= 15 is 0 Å². The second kappa shape index (κ2) is 5.32. The molecule has 0 aliphatic rings. The molecule has 0 fully saturated rings. The fourth-order valence-corrected chi connectivity index (χ4v) is 1.18. The topological polar surface area (TPSA) is 104 Å². The Hall–Kier alpha value is -1.60. The summed E-state index contributed by atoms with van der Waals surface area (Å²) in [6.07, 6.45) is 0. The minimum absolute atomic E-state index is 0.0732. The van der Waals surface area contributed by atoms with Crippen molar-refractivity contribution in [2.45, 2.75) is 0 Å². The first kappa shape index (κ1) is 11.5. The maximum Gasteiger partial charge on any atom is 0.261 e. The minimum atomic E-state index is -2.32. The Morgan fingerprint density at radius 3 is 2.53 bits per heavy atom. The van der Waals surface area contributed by atoms with Crippen LogP contribution in [-0.4, -0.2) is 21.2 Å². The number of nitrogen functional groups attached to an aromatic ring is 1. The lowest BCUT2D eigenvalue weighted by atomic mass is 10.3. The van der Waals surface area contributed by atoms with Crippen LogP contribution in [0.15, 0.2) is 24.3 Å². The highest BCUT2D eigenvalue weighted by Crippen LogP contribution is 2.09. The summed E-state index contributed by atoms with van der Waals surface area (Å²) in [6.45, 7) is -0.0732. The van der Waals surface area contributed by atoms with Crippen molar-refractivity contribution in [1.82, 2.24) is 4.72 Å². The van der Waals surface area contributed by atoms with E-state index in [-0.39, 0.29) is 6.54 Å². The average molecular weight is 229 g/mol. The van der Waals surface area contributed by atoms with E-state index in [4.69, 9.17) is 10.3 Å². The Morgan fingerprint density at radius 2 is 2.00 bits per heavy atom. The molecule has 0 saturated heterocycles. The van der Waals surface area contributed by atoms with Crippen LogP contribution in [-0.2, 0) is 16.1 Å². The van der Waals surface area contributed by atoms with Gasteiger partial charge in [-0.15, -0.1) is 0 Å². The van der Waals surface area contributed by atoms with Crippen LogP contribution in [0.25, 0.3) is 0 Å². The highest BCUT2D eigenvalue weighted by Gasteiger charge is 2.02. The van der Waals surface area contributed by atoms with Crippen molar-refractivity contribution in [1.29, 1.82) is 0 Å². The minimum Gasteiger partial charge on any atom is -0.399 e. The van der Waals surface area contributed by atoms with Crippen LogP contribution in [0.4, 0.5) is 11.4 Å². The molecule has 1 atom stereocenters. The average Bonchev–Trinajstić information content (AvgIpc) is 2.16. The van der Waals surface area contributed by atoms with Gasteiger partial charge in [0.2, 0.25) is 0 Å². The molecule has 0 spiro atoms. The van der Waals surface area contributed by atoms with E-state index in [1.54, 1.807) is 24.3 Å². The van der Waals surface area contributed by atoms with Crippen molar-refractivity contribution in [2.24, 2.45) is 0 Å². The van der Waals surface area contributed by atoms with E-state index in [1.807, 2.05) is 4.72 Å². The molecule has 1 aromatic carbocycles. The third-order valence-electron chi connectivity index (χ3n) is 1.56. The van der Waals surface area contributed by atoms with E-state index in [1.165, 1.54) is 0 Å². The van der Waals surface area contributed by atoms with E-state index in [0.717, 1.165) is 0 Å². The van der Waals surface area contributed by atoms with Crippen molar-refractivity contribution >= 4 is 28.5 Å². The number of nitrogens with two attached hydrogens (primary N) is 1. The van der Waals surface area contributed by atoms with Crippen LogP contribution in [0.2, 0.25) is 0 Å². The lowest BCUT2D eigenvalue weighted by Gasteiger charge is -2.05. The SMILES string of the molecule is Nc1ccc(NCC(=O)NS(=O)O)cc1. The molecule has 5 N–H and O–H groups in total.